The van der Waals surface area contributed by atoms with Crippen molar-refractivity contribution in [2.24, 2.45) is 0 Å². The maximum absolute atomic E-state index is 12.7. The number of fused-ring (bicyclic) bond motifs is 1. The van der Waals surface area contributed by atoms with Gasteiger partial charge in [0, 0.05) is 18.7 Å². The van der Waals surface area contributed by atoms with Gasteiger partial charge in [-0.25, -0.2) is 13.3 Å². The van der Waals surface area contributed by atoms with Gasteiger partial charge in [0.25, 0.3) is 17.7 Å². The van der Waals surface area contributed by atoms with Crippen molar-refractivity contribution in [3.05, 3.63) is 65.2 Å². The summed E-state index contributed by atoms with van der Waals surface area (Å²) in [6, 6.07) is 12.5. The second kappa shape index (κ2) is 6.56. The molecule has 0 N–H and O–H groups in total. The summed E-state index contributed by atoms with van der Waals surface area (Å²) >= 11 is 0. The van der Waals surface area contributed by atoms with Crippen LogP contribution in [0.5, 0.6) is 0 Å². The lowest BCUT2D eigenvalue weighted by Crippen LogP contribution is -2.37. The van der Waals surface area contributed by atoms with Gasteiger partial charge in [0.05, 0.1) is 28.3 Å². The van der Waals surface area contributed by atoms with Crippen LogP contribution in [0.1, 0.15) is 37.5 Å². The van der Waals surface area contributed by atoms with E-state index < -0.39 is 21.7 Å². The van der Waals surface area contributed by atoms with Crippen LogP contribution in [0.4, 0.5) is 5.69 Å². The Morgan fingerprint density at radius 2 is 1.57 bits per heavy atom. The van der Waals surface area contributed by atoms with E-state index in [2.05, 4.69) is 0 Å². The molecule has 8 heteroatoms. The molecule has 2 aromatic carbocycles. The Kier molecular flexibility index (Phi) is 4.30. The maximum Gasteiger partial charge on any atom is 0.266 e. The zero-order chi connectivity index (χ0) is 20.1. The number of nitrogens with zero attached hydrogens (tertiary/aromatic N) is 2. The molecule has 0 saturated carbocycles. The third kappa shape index (κ3) is 2.99. The zero-order valence-electron chi connectivity index (χ0n) is 15.2. The van der Waals surface area contributed by atoms with Crippen LogP contribution < -0.4 is 4.90 Å². The van der Waals surface area contributed by atoms with Crippen molar-refractivity contribution in [1.29, 1.82) is 0 Å². The van der Waals surface area contributed by atoms with Crippen LogP contribution in [0.2, 0.25) is 0 Å². The van der Waals surface area contributed by atoms with Crippen LogP contribution in [0, 0.1) is 0 Å². The number of carbonyl (C=O) groups is 3. The first kappa shape index (κ1) is 18.4. The Balaban J connectivity index is 1.54. The van der Waals surface area contributed by atoms with Crippen LogP contribution in [-0.2, 0) is 9.84 Å². The minimum atomic E-state index is -3.09. The molecular formula is C20H18N2O5S. The highest BCUT2D eigenvalue weighted by atomic mass is 32.2. The van der Waals surface area contributed by atoms with Crippen molar-refractivity contribution in [1.82, 2.24) is 4.90 Å². The summed E-state index contributed by atoms with van der Waals surface area (Å²) in [5.74, 6) is -1.02. The first-order valence-corrected chi connectivity index (χ1v) is 10.7. The molecular weight excluding hydrogens is 380 g/mol. The Morgan fingerprint density at radius 3 is 2.07 bits per heavy atom. The Bertz CT molecular complexity index is 1060. The number of hydrogen-bond acceptors (Lipinski definition) is 5. The molecule has 0 spiro atoms. The average Bonchev–Trinajstić information content (AvgIpc) is 3.18. The summed E-state index contributed by atoms with van der Waals surface area (Å²) in [5, 5.41) is 0. The summed E-state index contributed by atoms with van der Waals surface area (Å²) in [5.41, 5.74) is 1.46. The van der Waals surface area contributed by atoms with Crippen LogP contribution in [-0.4, -0.2) is 55.6 Å². The molecule has 0 bridgehead atoms. The lowest BCUT2D eigenvalue weighted by Gasteiger charge is -2.23. The van der Waals surface area contributed by atoms with Crippen LogP contribution in [0.25, 0.3) is 0 Å². The van der Waals surface area contributed by atoms with Crippen molar-refractivity contribution < 1.29 is 22.8 Å². The van der Waals surface area contributed by atoms with Crippen LogP contribution in [0.3, 0.4) is 0 Å². The number of carbonyl (C=O) groups excluding carboxylic acids is 3. The van der Waals surface area contributed by atoms with Gasteiger partial charge >= 0.3 is 0 Å². The van der Waals surface area contributed by atoms with Crippen LogP contribution >= 0.6 is 0 Å². The minimum Gasteiger partial charge on any atom is -0.338 e. The summed E-state index contributed by atoms with van der Waals surface area (Å²) in [6.45, 7) is 0. The molecule has 28 heavy (non-hydrogen) atoms. The minimum absolute atomic E-state index is 0.0254. The average molecular weight is 398 g/mol. The predicted molar refractivity (Wildman–Crippen MR) is 103 cm³/mol. The Hall–Kier alpha value is -3.00. The van der Waals surface area contributed by atoms with E-state index in [4.69, 9.17) is 0 Å². The number of rotatable bonds is 3. The molecule has 0 aromatic heterocycles. The first-order valence-electron chi connectivity index (χ1n) is 8.84. The molecule has 2 heterocycles. The van der Waals surface area contributed by atoms with Gasteiger partial charge in [-0.2, -0.15) is 0 Å². The fraction of sp³-hybridized carbons (Fsp3) is 0.250. The number of sulfone groups is 1. The van der Waals surface area contributed by atoms with Crippen molar-refractivity contribution in [3.63, 3.8) is 0 Å². The third-order valence-electron chi connectivity index (χ3n) is 5.24. The van der Waals surface area contributed by atoms with E-state index in [0.29, 0.717) is 28.8 Å². The quantitative estimate of drug-likeness (QED) is 0.735. The van der Waals surface area contributed by atoms with E-state index >= 15 is 0 Å². The topological polar surface area (TPSA) is 91.8 Å². The highest BCUT2D eigenvalue weighted by Gasteiger charge is 2.36. The number of imide groups is 1. The van der Waals surface area contributed by atoms with Gasteiger partial charge < -0.3 is 4.90 Å². The van der Waals surface area contributed by atoms with Gasteiger partial charge in [0.15, 0.2) is 9.84 Å². The summed E-state index contributed by atoms with van der Waals surface area (Å²) < 4.78 is 23.3. The lowest BCUT2D eigenvalue weighted by atomic mass is 10.1. The molecule has 2 aliphatic heterocycles. The van der Waals surface area contributed by atoms with Crippen molar-refractivity contribution >= 4 is 33.2 Å². The molecule has 1 atom stereocenters. The highest BCUT2D eigenvalue weighted by Crippen LogP contribution is 2.28. The monoisotopic (exact) mass is 398 g/mol. The first-order chi connectivity index (χ1) is 13.3. The van der Waals surface area contributed by atoms with E-state index in [1.165, 1.54) is 4.90 Å². The largest absolute Gasteiger partial charge is 0.338 e. The third-order valence-corrected chi connectivity index (χ3v) is 6.99. The molecule has 0 aliphatic carbocycles. The summed E-state index contributed by atoms with van der Waals surface area (Å²) in [4.78, 5) is 40.3. The Labute approximate surface area is 162 Å². The van der Waals surface area contributed by atoms with Crippen molar-refractivity contribution in [2.45, 2.75) is 12.5 Å². The van der Waals surface area contributed by atoms with Gasteiger partial charge in [0.1, 0.15) is 0 Å². The molecule has 1 unspecified atom stereocenters. The van der Waals surface area contributed by atoms with E-state index in [1.807, 2.05) is 0 Å². The maximum atomic E-state index is 12.7. The van der Waals surface area contributed by atoms with E-state index in [9.17, 15) is 22.8 Å². The molecule has 2 aromatic rings. The van der Waals surface area contributed by atoms with Gasteiger partial charge in [-0.15, -0.1) is 0 Å². The van der Waals surface area contributed by atoms with Crippen molar-refractivity contribution in [2.75, 3.05) is 23.5 Å². The van der Waals surface area contributed by atoms with Gasteiger partial charge in [-0.05, 0) is 42.8 Å². The lowest BCUT2D eigenvalue weighted by molar-refractivity contribution is 0.0747. The van der Waals surface area contributed by atoms with E-state index in [0.717, 1.165) is 4.90 Å². The molecule has 3 amide bonds. The Morgan fingerprint density at radius 1 is 1.00 bits per heavy atom. The fourth-order valence-electron chi connectivity index (χ4n) is 3.63. The fourth-order valence-corrected chi connectivity index (χ4v) is 5.40. The second-order valence-electron chi connectivity index (χ2n) is 7.01. The smallest absolute Gasteiger partial charge is 0.266 e. The van der Waals surface area contributed by atoms with Crippen molar-refractivity contribution in [3.8, 4) is 0 Å². The van der Waals surface area contributed by atoms with E-state index in [-0.39, 0.29) is 23.5 Å². The predicted octanol–water partition coefficient (Wildman–Crippen LogP) is 1.75. The van der Waals surface area contributed by atoms with Gasteiger partial charge in [-0.1, -0.05) is 12.1 Å². The SMILES string of the molecule is CN(C(=O)c1ccc(N2C(=O)c3ccccc3C2=O)cc1)C1CCS(=O)(=O)C1. The van der Waals surface area contributed by atoms with E-state index in [1.54, 1.807) is 55.6 Å². The normalized spacial score (nSPS) is 20.3. The number of benzene rings is 2. The van der Waals surface area contributed by atoms with Gasteiger partial charge in [0.2, 0.25) is 0 Å². The number of amides is 3. The van der Waals surface area contributed by atoms with Crippen LogP contribution in [0.15, 0.2) is 48.5 Å². The number of anilines is 1. The highest BCUT2D eigenvalue weighted by molar-refractivity contribution is 7.91. The number of hydrogen-bond donors (Lipinski definition) is 0. The molecule has 1 fully saturated rings. The van der Waals surface area contributed by atoms with Gasteiger partial charge in [-0.3, -0.25) is 14.4 Å². The molecule has 0 radical (unpaired) electrons. The summed E-state index contributed by atoms with van der Waals surface area (Å²) in [7, 11) is -1.50. The summed E-state index contributed by atoms with van der Waals surface area (Å²) in [6.07, 6.45) is 0.428. The molecule has 144 valence electrons. The second-order valence-corrected chi connectivity index (χ2v) is 9.24. The standard InChI is InChI=1S/C20H18N2O5S/c1-21(15-10-11-28(26,27)12-15)18(23)13-6-8-14(9-7-13)22-19(24)16-4-2-3-5-17(16)20(22)25/h2-9,15H,10-12H2,1H3. The molecule has 7 nitrogen and oxygen atoms in total. The zero-order valence-corrected chi connectivity index (χ0v) is 16.0. The molecule has 4 rings (SSSR count). The molecule has 1 saturated heterocycles. The molecule has 2 aliphatic rings.